The predicted molar refractivity (Wildman–Crippen MR) is 99.3 cm³/mol. The second-order valence-corrected chi connectivity index (χ2v) is 7.70. The molecule has 0 amide bonds. The second kappa shape index (κ2) is 11.1. The van der Waals surface area contributed by atoms with Gasteiger partial charge < -0.3 is 19.9 Å². The molecule has 0 aliphatic carbocycles. The number of sulfonamides is 1. The zero-order valence-electron chi connectivity index (χ0n) is 15.4. The van der Waals surface area contributed by atoms with Gasteiger partial charge in [0.1, 0.15) is 4.90 Å². The van der Waals surface area contributed by atoms with E-state index in [4.69, 9.17) is 14.6 Å². The summed E-state index contributed by atoms with van der Waals surface area (Å²) in [6, 6.07) is 4.00. The molecule has 3 N–H and O–H groups in total. The van der Waals surface area contributed by atoms with E-state index in [1.165, 1.54) is 19.2 Å². The number of rotatable bonds is 13. The van der Waals surface area contributed by atoms with Crippen LogP contribution in [0.15, 0.2) is 23.1 Å². The Hall–Kier alpha value is -1.68. The number of carboxylic acids is 1. The van der Waals surface area contributed by atoms with Crippen LogP contribution in [0.25, 0.3) is 0 Å². The highest BCUT2D eigenvalue weighted by molar-refractivity contribution is 7.89. The molecule has 0 heterocycles. The third kappa shape index (κ3) is 7.69. The lowest BCUT2D eigenvalue weighted by Crippen LogP contribution is -2.27. The lowest BCUT2D eigenvalue weighted by molar-refractivity contribution is 0.0696. The van der Waals surface area contributed by atoms with Crippen molar-refractivity contribution in [2.24, 2.45) is 0 Å². The molecular formula is C17H28N2O6S. The average molecular weight is 388 g/mol. The summed E-state index contributed by atoms with van der Waals surface area (Å²) in [4.78, 5) is 11.1. The first kappa shape index (κ1) is 22.4. The Labute approximate surface area is 154 Å². The standard InChI is InChI=1S/C17H28N2O6S/c1-13(2)25-11-4-8-18-15-7-6-14(17(20)21)12-16(15)26(22,23)19-9-5-10-24-3/h6-7,12-13,18-19H,4-5,8-11H2,1-3H3,(H,20,21). The summed E-state index contributed by atoms with van der Waals surface area (Å²) in [5, 5.41) is 12.2. The Morgan fingerprint density at radius 1 is 1.19 bits per heavy atom. The molecule has 0 fully saturated rings. The maximum atomic E-state index is 12.6. The van der Waals surface area contributed by atoms with E-state index in [1.807, 2.05) is 13.8 Å². The van der Waals surface area contributed by atoms with Crippen LogP contribution in [-0.4, -0.2) is 59.0 Å². The van der Waals surface area contributed by atoms with Crippen molar-refractivity contribution in [1.82, 2.24) is 4.72 Å². The number of nitrogens with one attached hydrogen (secondary N) is 2. The van der Waals surface area contributed by atoms with Gasteiger partial charge in [-0.25, -0.2) is 17.9 Å². The van der Waals surface area contributed by atoms with Crippen LogP contribution >= 0.6 is 0 Å². The summed E-state index contributed by atoms with van der Waals surface area (Å²) in [7, 11) is -2.31. The number of benzene rings is 1. The van der Waals surface area contributed by atoms with Gasteiger partial charge in [0.25, 0.3) is 0 Å². The van der Waals surface area contributed by atoms with Gasteiger partial charge >= 0.3 is 5.97 Å². The predicted octanol–water partition coefficient (Wildman–Crippen LogP) is 1.93. The van der Waals surface area contributed by atoms with Gasteiger partial charge in [0.05, 0.1) is 17.4 Å². The van der Waals surface area contributed by atoms with E-state index in [-0.39, 0.29) is 23.1 Å². The minimum Gasteiger partial charge on any atom is -0.478 e. The SMILES string of the molecule is COCCCNS(=O)(=O)c1cc(C(=O)O)ccc1NCCCOC(C)C. The molecule has 0 unspecified atom stereocenters. The van der Waals surface area contributed by atoms with Gasteiger partial charge in [-0.1, -0.05) is 0 Å². The monoisotopic (exact) mass is 388 g/mol. The maximum absolute atomic E-state index is 12.6. The zero-order valence-corrected chi connectivity index (χ0v) is 16.3. The van der Waals surface area contributed by atoms with Crippen molar-refractivity contribution in [2.45, 2.75) is 37.7 Å². The number of carboxylic acid groups (broad SMARTS) is 1. The number of hydrogen-bond donors (Lipinski definition) is 3. The van der Waals surface area contributed by atoms with Crippen LogP contribution in [0.1, 0.15) is 37.0 Å². The van der Waals surface area contributed by atoms with Crippen molar-refractivity contribution < 1.29 is 27.8 Å². The molecule has 148 valence electrons. The normalized spacial score (nSPS) is 11.7. The van der Waals surface area contributed by atoms with Gasteiger partial charge in [-0.05, 0) is 44.9 Å². The Kier molecular flexibility index (Phi) is 9.57. The molecule has 0 spiro atoms. The Balaban J connectivity index is 2.87. The van der Waals surface area contributed by atoms with Crippen molar-refractivity contribution in [3.63, 3.8) is 0 Å². The molecule has 9 heteroatoms. The van der Waals surface area contributed by atoms with Gasteiger partial charge in [-0.3, -0.25) is 0 Å². The molecule has 0 radical (unpaired) electrons. The van der Waals surface area contributed by atoms with Gasteiger partial charge in [0, 0.05) is 33.4 Å². The van der Waals surface area contributed by atoms with Gasteiger partial charge in [-0.2, -0.15) is 0 Å². The van der Waals surface area contributed by atoms with Crippen molar-refractivity contribution in [2.75, 3.05) is 38.7 Å². The number of hydrogen-bond acceptors (Lipinski definition) is 6. The first-order valence-corrected chi connectivity index (χ1v) is 9.97. The van der Waals surface area contributed by atoms with Gasteiger partial charge in [0.2, 0.25) is 10.0 Å². The lowest BCUT2D eigenvalue weighted by atomic mass is 10.2. The molecule has 0 bridgehead atoms. The molecular weight excluding hydrogens is 360 g/mol. The third-order valence-electron chi connectivity index (χ3n) is 3.42. The van der Waals surface area contributed by atoms with Gasteiger partial charge in [0.15, 0.2) is 0 Å². The van der Waals surface area contributed by atoms with Crippen LogP contribution in [0, 0.1) is 0 Å². The van der Waals surface area contributed by atoms with E-state index < -0.39 is 16.0 Å². The molecule has 0 saturated heterocycles. The molecule has 0 aliphatic heterocycles. The van der Waals surface area contributed by atoms with E-state index in [0.29, 0.717) is 38.3 Å². The minimum absolute atomic E-state index is 0.0837. The van der Waals surface area contributed by atoms with E-state index in [9.17, 15) is 13.2 Å². The van der Waals surface area contributed by atoms with Crippen LogP contribution < -0.4 is 10.0 Å². The van der Waals surface area contributed by atoms with Gasteiger partial charge in [-0.15, -0.1) is 0 Å². The highest BCUT2D eigenvalue weighted by Crippen LogP contribution is 2.23. The lowest BCUT2D eigenvalue weighted by Gasteiger charge is -2.14. The third-order valence-corrected chi connectivity index (χ3v) is 4.92. The van der Waals surface area contributed by atoms with E-state index in [2.05, 4.69) is 10.0 Å². The quantitative estimate of drug-likeness (QED) is 0.442. The number of anilines is 1. The molecule has 1 aromatic carbocycles. The van der Waals surface area contributed by atoms with Crippen LogP contribution in [0.5, 0.6) is 0 Å². The van der Waals surface area contributed by atoms with Crippen molar-refractivity contribution in [3.05, 3.63) is 23.8 Å². The largest absolute Gasteiger partial charge is 0.478 e. The molecule has 0 atom stereocenters. The van der Waals surface area contributed by atoms with Crippen molar-refractivity contribution in [1.29, 1.82) is 0 Å². The average Bonchev–Trinajstić information content (AvgIpc) is 2.58. The molecule has 1 rings (SSSR count). The Morgan fingerprint density at radius 2 is 1.88 bits per heavy atom. The molecule has 26 heavy (non-hydrogen) atoms. The molecule has 0 aromatic heterocycles. The Bertz CT molecular complexity index is 676. The highest BCUT2D eigenvalue weighted by atomic mass is 32.2. The number of ether oxygens (including phenoxy) is 2. The number of carbonyl (C=O) groups is 1. The minimum atomic E-state index is -3.85. The summed E-state index contributed by atoms with van der Waals surface area (Å²) < 4.78 is 37.9. The smallest absolute Gasteiger partial charge is 0.335 e. The number of aromatic carboxylic acids is 1. The second-order valence-electron chi connectivity index (χ2n) is 5.96. The fourth-order valence-corrected chi connectivity index (χ4v) is 3.42. The molecule has 1 aromatic rings. The molecule has 0 aliphatic rings. The summed E-state index contributed by atoms with van der Waals surface area (Å²) in [6.07, 6.45) is 1.35. The zero-order chi connectivity index (χ0) is 19.6. The fourth-order valence-electron chi connectivity index (χ4n) is 2.14. The maximum Gasteiger partial charge on any atom is 0.335 e. The van der Waals surface area contributed by atoms with E-state index in [0.717, 1.165) is 6.07 Å². The summed E-state index contributed by atoms with van der Waals surface area (Å²) in [5.74, 6) is -1.18. The van der Waals surface area contributed by atoms with Crippen molar-refractivity contribution in [3.8, 4) is 0 Å². The van der Waals surface area contributed by atoms with E-state index in [1.54, 1.807) is 0 Å². The summed E-state index contributed by atoms with van der Waals surface area (Å²) >= 11 is 0. The topological polar surface area (TPSA) is 114 Å². The fraction of sp³-hybridized carbons (Fsp3) is 0.588. The molecule has 8 nitrogen and oxygen atoms in total. The van der Waals surface area contributed by atoms with Crippen LogP contribution in [-0.2, 0) is 19.5 Å². The van der Waals surface area contributed by atoms with Crippen LogP contribution in [0.2, 0.25) is 0 Å². The van der Waals surface area contributed by atoms with Crippen molar-refractivity contribution >= 4 is 21.7 Å². The number of methoxy groups -OCH3 is 1. The first-order valence-electron chi connectivity index (χ1n) is 8.49. The van der Waals surface area contributed by atoms with Crippen LogP contribution in [0.3, 0.4) is 0 Å². The highest BCUT2D eigenvalue weighted by Gasteiger charge is 2.20. The van der Waals surface area contributed by atoms with Crippen LogP contribution in [0.4, 0.5) is 5.69 Å². The summed E-state index contributed by atoms with van der Waals surface area (Å²) in [5.41, 5.74) is 0.273. The first-order chi connectivity index (χ1) is 12.3. The van der Waals surface area contributed by atoms with E-state index >= 15 is 0 Å². The Morgan fingerprint density at radius 3 is 2.50 bits per heavy atom. The summed E-state index contributed by atoms with van der Waals surface area (Å²) in [6.45, 7) is 5.57. The molecule has 0 saturated carbocycles.